The van der Waals surface area contributed by atoms with Crippen molar-refractivity contribution in [1.82, 2.24) is 0 Å². The van der Waals surface area contributed by atoms with Gasteiger partial charge in [-0.1, -0.05) is 20.1 Å². The van der Waals surface area contributed by atoms with E-state index in [1.807, 2.05) is 33.1 Å². The van der Waals surface area contributed by atoms with Crippen molar-refractivity contribution in [1.29, 1.82) is 0 Å². The van der Waals surface area contributed by atoms with Crippen LogP contribution in [-0.2, 0) is 23.2 Å². The van der Waals surface area contributed by atoms with E-state index in [-0.39, 0.29) is 0 Å². The molecule has 0 amide bonds. The molecule has 0 bridgehead atoms. The van der Waals surface area contributed by atoms with Gasteiger partial charge in [0.25, 0.3) is 14.5 Å². The van der Waals surface area contributed by atoms with Gasteiger partial charge in [-0.3, -0.25) is 0 Å². The predicted octanol–water partition coefficient (Wildman–Crippen LogP) is 2.69. The van der Waals surface area contributed by atoms with E-state index >= 15 is 0 Å². The van der Waals surface area contributed by atoms with Crippen molar-refractivity contribution < 1.29 is 23.2 Å². The van der Waals surface area contributed by atoms with Crippen molar-refractivity contribution in [3.63, 3.8) is 0 Å². The second-order valence-electron chi connectivity index (χ2n) is 5.68. The summed E-state index contributed by atoms with van der Waals surface area (Å²) in [5, 5.41) is 0. The molecule has 1 unspecified atom stereocenters. The molecule has 0 aromatic rings. The highest BCUT2D eigenvalue weighted by atomic mass is 28.4. The zero-order valence-electron chi connectivity index (χ0n) is 13.6. The topological polar surface area (TPSA) is 61.8 Å². The first-order chi connectivity index (χ1) is 9.60. The molecule has 0 aromatic carbocycles. The highest BCUT2D eigenvalue weighted by molar-refractivity contribution is 6.77. The first-order valence-electron chi connectivity index (χ1n) is 6.99. The molecule has 0 N–H and O–H groups in total. The number of hydrogen-bond donors (Lipinski definition) is 0. The summed E-state index contributed by atoms with van der Waals surface area (Å²) in [6.07, 6.45) is 3.19. The lowest BCUT2D eigenvalue weighted by atomic mass is 10.3. The summed E-state index contributed by atoms with van der Waals surface area (Å²) >= 11 is 0. The fourth-order valence-corrected chi connectivity index (χ4v) is 8.10. The molecule has 0 radical (unpaired) electrons. The van der Waals surface area contributed by atoms with Crippen LogP contribution in [0.4, 0.5) is 0 Å². The largest absolute Gasteiger partial charge is 0.453 e. The minimum absolute atomic E-state index is 0.393. The molecule has 0 spiro atoms. The minimum Gasteiger partial charge on any atom is -0.453 e. The lowest BCUT2D eigenvalue weighted by Gasteiger charge is -2.38. The Kier molecular flexibility index (Phi) is 7.83. The molecule has 0 saturated heterocycles. The van der Waals surface area contributed by atoms with Gasteiger partial charge >= 0.3 is 11.9 Å². The first kappa shape index (κ1) is 19.8. The van der Waals surface area contributed by atoms with E-state index in [2.05, 4.69) is 13.2 Å². The van der Waals surface area contributed by atoms with Crippen LogP contribution in [0.5, 0.6) is 0 Å². The Bertz CT molecular complexity index is 379. The zero-order chi connectivity index (χ0) is 16.7. The van der Waals surface area contributed by atoms with Gasteiger partial charge in [0.1, 0.15) is 0 Å². The van der Waals surface area contributed by atoms with Crippen LogP contribution >= 0.6 is 0 Å². The van der Waals surface area contributed by atoms with Crippen molar-refractivity contribution in [3.05, 3.63) is 25.3 Å². The second-order valence-corrected chi connectivity index (χ2v) is 13.0. The Labute approximate surface area is 129 Å². The van der Waals surface area contributed by atoms with E-state index in [1.54, 1.807) is 0 Å². The SMILES string of the molecule is C=CC(=O)OC(CCC)(OC(=O)C=C)[SiH](C)O[Si](C)(C)C. The Hall–Kier alpha value is -1.19. The maximum atomic E-state index is 11.7. The Balaban J connectivity index is 5.51. The second kappa shape index (κ2) is 8.30. The third-order valence-corrected chi connectivity index (χ3v) is 8.63. The van der Waals surface area contributed by atoms with E-state index in [1.165, 1.54) is 0 Å². The molecule has 0 aromatic heterocycles. The Morgan fingerprint density at radius 1 is 1.14 bits per heavy atom. The molecular formula is C14H26O5Si2. The van der Waals surface area contributed by atoms with Crippen LogP contribution in [0.15, 0.2) is 25.3 Å². The van der Waals surface area contributed by atoms with Gasteiger partial charge in [0, 0.05) is 18.6 Å². The summed E-state index contributed by atoms with van der Waals surface area (Å²) in [5.74, 6) is -1.25. The number of carbonyl (C=O) groups is 2. The highest BCUT2D eigenvalue weighted by Crippen LogP contribution is 2.27. The van der Waals surface area contributed by atoms with Gasteiger partial charge in [-0.2, -0.15) is 0 Å². The van der Waals surface area contributed by atoms with E-state index in [9.17, 15) is 9.59 Å². The lowest BCUT2D eigenvalue weighted by molar-refractivity contribution is -0.199. The molecule has 0 aliphatic heterocycles. The summed E-state index contributed by atoms with van der Waals surface area (Å²) in [6.45, 7) is 16.7. The molecular weight excluding hydrogens is 304 g/mol. The summed E-state index contributed by atoms with van der Waals surface area (Å²) in [7, 11) is -4.01. The third kappa shape index (κ3) is 6.88. The van der Waals surface area contributed by atoms with E-state index in [0.29, 0.717) is 12.8 Å². The average Bonchev–Trinajstić information content (AvgIpc) is 2.36. The number of carbonyl (C=O) groups excluding carboxylic acids is 2. The Morgan fingerprint density at radius 2 is 1.57 bits per heavy atom. The van der Waals surface area contributed by atoms with Crippen LogP contribution in [0.2, 0.25) is 26.2 Å². The standard InChI is InChI=1S/C14H26O5Si2/c1-8-11-14(17-12(15)9-2,18-13(16)10-3)20(4)19-21(5,6)7/h9-10,20H,2-3,8,11H2,1,4-7H3. The molecule has 0 rings (SSSR count). The van der Waals surface area contributed by atoms with Crippen LogP contribution in [0.25, 0.3) is 0 Å². The molecule has 1 atom stereocenters. The molecule has 0 aliphatic carbocycles. The van der Waals surface area contributed by atoms with Gasteiger partial charge < -0.3 is 13.6 Å². The van der Waals surface area contributed by atoms with Crippen molar-refractivity contribution >= 4 is 29.3 Å². The summed E-state index contributed by atoms with van der Waals surface area (Å²) in [6, 6.07) is 0. The fourth-order valence-electron chi connectivity index (χ4n) is 1.88. The van der Waals surface area contributed by atoms with Crippen molar-refractivity contribution in [2.45, 2.75) is 51.4 Å². The number of hydrogen-bond acceptors (Lipinski definition) is 5. The summed E-state index contributed by atoms with van der Waals surface area (Å²) < 4.78 is 16.9. The van der Waals surface area contributed by atoms with E-state index in [0.717, 1.165) is 12.2 Å². The molecule has 0 saturated carbocycles. The smallest absolute Gasteiger partial charge is 0.333 e. The maximum Gasteiger partial charge on any atom is 0.333 e. The third-order valence-electron chi connectivity index (χ3n) is 2.63. The summed E-state index contributed by atoms with van der Waals surface area (Å²) in [4.78, 5) is 23.3. The van der Waals surface area contributed by atoms with Gasteiger partial charge in [-0.15, -0.1) is 0 Å². The van der Waals surface area contributed by atoms with Gasteiger partial charge in [-0.25, -0.2) is 9.59 Å². The number of esters is 2. The molecule has 7 heteroatoms. The lowest BCUT2D eigenvalue weighted by Crippen LogP contribution is -2.55. The Morgan fingerprint density at radius 3 is 1.86 bits per heavy atom. The highest BCUT2D eigenvalue weighted by Gasteiger charge is 2.46. The van der Waals surface area contributed by atoms with Crippen LogP contribution < -0.4 is 0 Å². The molecule has 0 aliphatic rings. The van der Waals surface area contributed by atoms with Crippen LogP contribution in [0.1, 0.15) is 19.8 Å². The molecule has 0 fully saturated rings. The van der Waals surface area contributed by atoms with Gasteiger partial charge in [0.2, 0.25) is 0 Å². The average molecular weight is 331 g/mol. The molecule has 0 heterocycles. The van der Waals surface area contributed by atoms with Crippen LogP contribution in [0, 0.1) is 0 Å². The number of rotatable bonds is 9. The monoisotopic (exact) mass is 330 g/mol. The van der Waals surface area contributed by atoms with Crippen LogP contribution in [-0.4, -0.2) is 34.7 Å². The number of ether oxygens (including phenoxy) is 2. The van der Waals surface area contributed by atoms with Crippen LogP contribution in [0.3, 0.4) is 0 Å². The maximum absolute atomic E-state index is 11.7. The molecule has 5 nitrogen and oxygen atoms in total. The van der Waals surface area contributed by atoms with Crippen molar-refractivity contribution in [2.75, 3.05) is 0 Å². The van der Waals surface area contributed by atoms with Crippen molar-refractivity contribution in [3.8, 4) is 0 Å². The normalized spacial score (nSPS) is 13.2. The van der Waals surface area contributed by atoms with Gasteiger partial charge in [0.05, 0.1) is 0 Å². The zero-order valence-corrected chi connectivity index (χ0v) is 15.8. The van der Waals surface area contributed by atoms with Crippen molar-refractivity contribution in [2.24, 2.45) is 0 Å². The quantitative estimate of drug-likeness (QED) is 0.281. The van der Waals surface area contributed by atoms with Gasteiger partial charge in [0.15, 0.2) is 8.32 Å². The molecule has 120 valence electrons. The minimum atomic E-state index is -2.16. The summed E-state index contributed by atoms with van der Waals surface area (Å²) in [5.41, 5.74) is -1.33. The van der Waals surface area contributed by atoms with Gasteiger partial charge in [-0.05, 0) is 32.6 Å². The predicted molar refractivity (Wildman–Crippen MR) is 87.7 cm³/mol. The first-order valence-corrected chi connectivity index (χ1v) is 12.6. The molecule has 21 heavy (non-hydrogen) atoms. The fraction of sp³-hybridized carbons (Fsp3) is 0.571. The van der Waals surface area contributed by atoms with E-state index < -0.39 is 34.7 Å². The van der Waals surface area contributed by atoms with E-state index in [4.69, 9.17) is 13.6 Å².